The monoisotopic (exact) mass is 524 g/mol. The smallest absolute Gasteiger partial charge is 0.200 e. The predicted octanol–water partition coefficient (Wildman–Crippen LogP) is 5.57. The van der Waals surface area contributed by atoms with E-state index in [1.165, 1.54) is 19.3 Å². The lowest BCUT2D eigenvalue weighted by Crippen LogP contribution is -2.49. The summed E-state index contributed by atoms with van der Waals surface area (Å²) in [6.45, 7) is 6.69. The number of rotatable bonds is 7. The molecule has 0 bridgehead atoms. The van der Waals surface area contributed by atoms with E-state index in [2.05, 4.69) is 47.3 Å². The average molecular weight is 525 g/mol. The summed E-state index contributed by atoms with van der Waals surface area (Å²) in [6.07, 6.45) is 14.7. The summed E-state index contributed by atoms with van der Waals surface area (Å²) in [6, 6.07) is 4.09. The van der Waals surface area contributed by atoms with Gasteiger partial charge in [0.25, 0.3) is 0 Å². The van der Waals surface area contributed by atoms with E-state index in [9.17, 15) is 4.79 Å². The SMILES string of the molecule is CC1CC(c2cncc(-c3coc4c(C5CC5)nc(C(C)NC5(C)CCC5)cc4c3=O)c2)(c2nncn2C)C1. The quantitative estimate of drug-likeness (QED) is 0.338. The summed E-state index contributed by atoms with van der Waals surface area (Å²) in [7, 11) is 1.99. The van der Waals surface area contributed by atoms with Crippen LogP contribution in [0.3, 0.4) is 0 Å². The number of hydrogen-bond acceptors (Lipinski definition) is 7. The van der Waals surface area contributed by atoms with E-state index < -0.39 is 0 Å². The molecule has 0 amide bonds. The van der Waals surface area contributed by atoms with Crippen molar-refractivity contribution in [1.82, 2.24) is 30.0 Å². The molecule has 1 N–H and O–H groups in total. The minimum atomic E-state index is -0.250. The Balaban J connectivity index is 1.32. The Hall–Kier alpha value is -3.39. The van der Waals surface area contributed by atoms with E-state index in [0.29, 0.717) is 28.4 Å². The minimum absolute atomic E-state index is 0.0301. The van der Waals surface area contributed by atoms with Crippen LogP contribution in [0, 0.1) is 5.92 Å². The molecule has 0 aromatic carbocycles. The standard InChI is InChI=1S/C31H36N6O2/c1-18-12-31(13-18,29-36-33-17-37(29)4)22-10-21(14-32-15-22)24-16-39-28-23(27(24)38)11-25(34-26(28)20-6-7-20)19(2)35-30(3)8-5-9-30/h10-11,14-20,35H,5-9,12-13H2,1-4H3. The molecule has 0 radical (unpaired) electrons. The molecular formula is C31H36N6O2. The number of aromatic nitrogens is 5. The molecule has 4 heterocycles. The van der Waals surface area contributed by atoms with Gasteiger partial charge in [-0.3, -0.25) is 14.8 Å². The van der Waals surface area contributed by atoms with Crippen molar-refractivity contribution in [3.8, 4) is 11.1 Å². The highest BCUT2D eigenvalue weighted by molar-refractivity contribution is 5.84. The molecule has 4 aromatic heterocycles. The fourth-order valence-corrected chi connectivity index (χ4v) is 6.93. The number of nitrogens with one attached hydrogen (secondary N) is 1. The first-order valence-corrected chi connectivity index (χ1v) is 14.3. The lowest BCUT2D eigenvalue weighted by Gasteiger charge is -2.45. The molecule has 1 unspecified atom stereocenters. The van der Waals surface area contributed by atoms with Crippen molar-refractivity contribution in [3.63, 3.8) is 0 Å². The Morgan fingerprint density at radius 3 is 2.62 bits per heavy atom. The van der Waals surface area contributed by atoms with Crippen molar-refractivity contribution in [3.05, 3.63) is 70.1 Å². The second kappa shape index (κ2) is 8.81. The van der Waals surface area contributed by atoms with Crippen LogP contribution in [0.4, 0.5) is 0 Å². The van der Waals surface area contributed by atoms with E-state index in [-0.39, 0.29) is 22.4 Å². The molecular weight excluding hydrogens is 488 g/mol. The molecule has 3 saturated carbocycles. The molecule has 0 aliphatic heterocycles. The van der Waals surface area contributed by atoms with Crippen LogP contribution in [0.1, 0.15) is 100 Å². The summed E-state index contributed by atoms with van der Waals surface area (Å²) in [5, 5.41) is 13.0. The normalized spacial score (nSPS) is 24.8. The topological polar surface area (TPSA) is 98.7 Å². The van der Waals surface area contributed by atoms with Crippen LogP contribution in [-0.2, 0) is 12.5 Å². The molecule has 0 spiro atoms. The van der Waals surface area contributed by atoms with Gasteiger partial charge in [0.15, 0.2) is 5.58 Å². The first-order chi connectivity index (χ1) is 18.8. The number of pyridine rings is 2. The van der Waals surface area contributed by atoms with Crippen LogP contribution in [0.5, 0.6) is 0 Å². The maximum Gasteiger partial charge on any atom is 0.200 e. The highest BCUT2D eigenvalue weighted by atomic mass is 16.3. The first-order valence-electron chi connectivity index (χ1n) is 14.3. The van der Waals surface area contributed by atoms with Crippen molar-refractivity contribution >= 4 is 11.0 Å². The molecule has 3 aliphatic carbocycles. The molecule has 202 valence electrons. The van der Waals surface area contributed by atoms with Gasteiger partial charge in [0, 0.05) is 42.5 Å². The van der Waals surface area contributed by atoms with E-state index in [4.69, 9.17) is 9.40 Å². The van der Waals surface area contributed by atoms with Gasteiger partial charge < -0.3 is 14.3 Å². The van der Waals surface area contributed by atoms with Crippen LogP contribution < -0.4 is 10.7 Å². The van der Waals surface area contributed by atoms with Gasteiger partial charge in [0.1, 0.15) is 18.4 Å². The molecule has 7 rings (SSSR count). The Morgan fingerprint density at radius 2 is 1.97 bits per heavy atom. The Bertz CT molecular complexity index is 1620. The van der Waals surface area contributed by atoms with E-state index in [1.807, 2.05) is 23.9 Å². The fourth-order valence-electron chi connectivity index (χ4n) is 6.93. The Kier molecular flexibility index (Phi) is 5.57. The number of aryl methyl sites for hydroxylation is 1. The van der Waals surface area contributed by atoms with E-state index >= 15 is 0 Å². The molecule has 3 fully saturated rings. The van der Waals surface area contributed by atoms with Gasteiger partial charge in [-0.1, -0.05) is 6.92 Å². The number of hydrogen-bond donors (Lipinski definition) is 1. The summed E-state index contributed by atoms with van der Waals surface area (Å²) in [5.74, 6) is 1.89. The second-order valence-electron chi connectivity index (χ2n) is 12.7. The highest BCUT2D eigenvalue weighted by Gasteiger charge is 2.48. The van der Waals surface area contributed by atoms with Crippen LogP contribution in [-0.4, -0.2) is 30.3 Å². The highest BCUT2D eigenvalue weighted by Crippen LogP contribution is 2.51. The average Bonchev–Trinajstić information content (AvgIpc) is 3.65. The van der Waals surface area contributed by atoms with Crippen LogP contribution in [0.25, 0.3) is 22.1 Å². The Morgan fingerprint density at radius 1 is 1.18 bits per heavy atom. The van der Waals surface area contributed by atoms with Crippen molar-refractivity contribution in [2.45, 2.75) is 88.6 Å². The van der Waals surface area contributed by atoms with Crippen LogP contribution >= 0.6 is 0 Å². The fraction of sp³-hybridized carbons (Fsp3) is 0.516. The third-order valence-electron chi connectivity index (χ3n) is 9.37. The maximum absolute atomic E-state index is 14.1. The van der Waals surface area contributed by atoms with Gasteiger partial charge in [-0.05, 0) is 82.4 Å². The summed E-state index contributed by atoms with van der Waals surface area (Å²) < 4.78 is 8.21. The van der Waals surface area contributed by atoms with Crippen LogP contribution in [0.15, 0.2) is 46.3 Å². The van der Waals surface area contributed by atoms with Gasteiger partial charge in [-0.15, -0.1) is 10.2 Å². The van der Waals surface area contributed by atoms with E-state index in [1.54, 1.807) is 18.8 Å². The zero-order valence-corrected chi connectivity index (χ0v) is 23.2. The van der Waals surface area contributed by atoms with Gasteiger partial charge in [0.2, 0.25) is 5.43 Å². The molecule has 1 atom stereocenters. The van der Waals surface area contributed by atoms with Crippen LogP contribution in [0.2, 0.25) is 0 Å². The zero-order valence-electron chi connectivity index (χ0n) is 23.2. The second-order valence-corrected chi connectivity index (χ2v) is 12.7. The summed E-state index contributed by atoms with van der Waals surface area (Å²) in [4.78, 5) is 23.7. The lowest BCUT2D eigenvalue weighted by atomic mass is 9.58. The third-order valence-corrected chi connectivity index (χ3v) is 9.37. The third kappa shape index (κ3) is 4.03. The number of nitrogens with zero attached hydrogens (tertiary/aromatic N) is 5. The lowest BCUT2D eigenvalue weighted by molar-refractivity contribution is 0.185. The largest absolute Gasteiger partial charge is 0.461 e. The first kappa shape index (κ1) is 24.6. The minimum Gasteiger partial charge on any atom is -0.461 e. The number of fused-ring (bicyclic) bond motifs is 1. The molecule has 8 heteroatoms. The van der Waals surface area contributed by atoms with Crippen molar-refractivity contribution in [1.29, 1.82) is 0 Å². The van der Waals surface area contributed by atoms with Gasteiger partial charge >= 0.3 is 0 Å². The zero-order chi connectivity index (χ0) is 26.9. The Labute approximate surface area is 228 Å². The molecule has 39 heavy (non-hydrogen) atoms. The molecule has 0 saturated heterocycles. The molecule has 8 nitrogen and oxygen atoms in total. The predicted molar refractivity (Wildman–Crippen MR) is 149 cm³/mol. The van der Waals surface area contributed by atoms with E-state index in [0.717, 1.165) is 54.0 Å². The van der Waals surface area contributed by atoms with Gasteiger partial charge in [-0.25, -0.2) is 0 Å². The summed E-state index contributed by atoms with van der Waals surface area (Å²) in [5.41, 5.74) is 4.70. The van der Waals surface area contributed by atoms with Gasteiger partial charge in [0.05, 0.1) is 27.8 Å². The molecule has 3 aliphatic rings. The van der Waals surface area contributed by atoms with Crippen molar-refractivity contribution in [2.75, 3.05) is 0 Å². The maximum atomic E-state index is 14.1. The van der Waals surface area contributed by atoms with Crippen molar-refractivity contribution in [2.24, 2.45) is 13.0 Å². The molecule has 4 aromatic rings. The summed E-state index contributed by atoms with van der Waals surface area (Å²) >= 11 is 0. The van der Waals surface area contributed by atoms with Gasteiger partial charge in [-0.2, -0.15) is 0 Å². The van der Waals surface area contributed by atoms with Crippen molar-refractivity contribution < 1.29 is 4.42 Å².